The number of anilines is 6. The van der Waals surface area contributed by atoms with E-state index in [0.29, 0.717) is 0 Å². The quantitative estimate of drug-likeness (QED) is 0.130. The number of rotatable bonds is 10. The maximum absolute atomic E-state index is 2.36. The molecule has 8 aromatic rings. The minimum atomic E-state index is 1.14. The summed E-state index contributed by atoms with van der Waals surface area (Å²) in [5.41, 5.74) is 16.7. The number of benzene rings is 8. The van der Waals surface area contributed by atoms with E-state index in [1.54, 1.807) is 0 Å². The summed E-state index contributed by atoms with van der Waals surface area (Å²) in [5.74, 6) is 0. The predicted octanol–water partition coefficient (Wildman–Crippen LogP) is 15.4. The van der Waals surface area contributed by atoms with Gasteiger partial charge in [0.15, 0.2) is 0 Å². The molecule has 0 amide bonds. The van der Waals surface area contributed by atoms with Gasteiger partial charge in [-0.05, 0) is 144 Å². The Hall–Kier alpha value is -6.90. The van der Waals surface area contributed by atoms with Crippen LogP contribution in [0.5, 0.6) is 0 Å². The Morgan fingerprint density at radius 2 is 0.589 bits per heavy atom. The number of aryl methyl sites for hydroxylation is 4. The van der Waals surface area contributed by atoms with E-state index in [-0.39, 0.29) is 0 Å². The van der Waals surface area contributed by atoms with Crippen molar-refractivity contribution >= 4 is 69.2 Å². The molecule has 0 bridgehead atoms. The average Bonchev–Trinajstić information content (AvgIpc) is 3.23. The van der Waals surface area contributed by atoms with Crippen LogP contribution in [0.15, 0.2) is 182 Å². The molecule has 0 heterocycles. The molecule has 0 unspecified atom stereocenters. The van der Waals surface area contributed by atoms with Crippen LogP contribution in [0.3, 0.4) is 0 Å². The highest BCUT2D eigenvalue weighted by atomic mass is 15.2. The van der Waals surface area contributed by atoms with Crippen molar-refractivity contribution in [1.82, 2.24) is 0 Å². The lowest BCUT2D eigenvalue weighted by atomic mass is 10.0. The minimum absolute atomic E-state index is 1.14. The van der Waals surface area contributed by atoms with E-state index in [1.807, 2.05) is 0 Å². The van der Waals surface area contributed by atoms with Crippen molar-refractivity contribution in [2.24, 2.45) is 0 Å². The molecule has 0 aliphatic heterocycles. The molecule has 0 fully saturated rings. The molecule has 2 nitrogen and oxygen atoms in total. The molecule has 0 atom stereocenters. The van der Waals surface area contributed by atoms with Crippen LogP contribution >= 0.6 is 0 Å². The first-order valence-corrected chi connectivity index (χ1v) is 19.3. The Morgan fingerprint density at radius 1 is 0.286 bits per heavy atom. The Labute approximate surface area is 332 Å². The average molecular weight is 723 g/mol. The maximum Gasteiger partial charge on any atom is 0.0519 e. The van der Waals surface area contributed by atoms with Gasteiger partial charge < -0.3 is 9.80 Å². The van der Waals surface area contributed by atoms with Crippen molar-refractivity contribution in [1.29, 1.82) is 0 Å². The summed E-state index contributed by atoms with van der Waals surface area (Å²) in [5, 5.41) is 2.45. The monoisotopic (exact) mass is 722 g/mol. The lowest BCUT2D eigenvalue weighted by molar-refractivity contribution is 1.22. The molecule has 0 aromatic heterocycles. The standard InChI is InChI=1S/C54H46N2/c1-39-13-11-14-40(2)53(39)55(49-17-7-5-8-18-49)51-33-27-43(28-34-51)21-23-45-25-31-48-38-46(26-32-47(48)37-45)24-22-44-29-35-52(36-30-44)56(50-19-9-6-10-20-50)54-41(3)15-12-16-42(54)4/h5-38H,1-4H3/b23-21+,24-22+. The van der Waals surface area contributed by atoms with Gasteiger partial charge in [0, 0.05) is 22.7 Å². The zero-order chi connectivity index (χ0) is 38.4. The van der Waals surface area contributed by atoms with E-state index in [0.717, 1.165) is 33.9 Å². The number of nitrogens with zero attached hydrogens (tertiary/aromatic N) is 2. The van der Waals surface area contributed by atoms with Gasteiger partial charge in [0.05, 0.1) is 11.4 Å². The van der Waals surface area contributed by atoms with Crippen LogP contribution in [-0.2, 0) is 0 Å². The third kappa shape index (κ3) is 7.83. The van der Waals surface area contributed by atoms with Crippen molar-refractivity contribution in [2.75, 3.05) is 9.80 Å². The SMILES string of the molecule is Cc1cccc(C)c1N(c1ccccc1)c1ccc(/C=C/c2ccc3cc(/C=C/c4ccc(N(c5ccccc5)c5c(C)cccc5C)cc4)ccc3c2)cc1. The first-order chi connectivity index (χ1) is 27.4. The van der Waals surface area contributed by atoms with E-state index in [9.17, 15) is 0 Å². The van der Waals surface area contributed by atoms with Crippen molar-refractivity contribution < 1.29 is 0 Å². The molecule has 8 rings (SSSR count). The van der Waals surface area contributed by atoms with Crippen LogP contribution in [0, 0.1) is 27.7 Å². The highest BCUT2D eigenvalue weighted by Crippen LogP contribution is 2.40. The van der Waals surface area contributed by atoms with Gasteiger partial charge in [-0.1, -0.05) is 146 Å². The Bertz CT molecular complexity index is 2420. The predicted molar refractivity (Wildman–Crippen MR) is 243 cm³/mol. The van der Waals surface area contributed by atoms with Gasteiger partial charge in [0.25, 0.3) is 0 Å². The summed E-state index contributed by atoms with van der Waals surface area (Å²) >= 11 is 0. The van der Waals surface area contributed by atoms with Gasteiger partial charge in [-0.3, -0.25) is 0 Å². The molecule has 0 aliphatic carbocycles. The van der Waals surface area contributed by atoms with E-state index in [1.165, 1.54) is 55.5 Å². The van der Waals surface area contributed by atoms with Crippen LogP contribution < -0.4 is 9.80 Å². The zero-order valence-electron chi connectivity index (χ0n) is 32.5. The highest BCUT2D eigenvalue weighted by molar-refractivity contribution is 5.89. The molecule has 0 aliphatic rings. The second-order valence-corrected chi connectivity index (χ2v) is 14.5. The molecule has 0 saturated heterocycles. The number of para-hydroxylation sites is 4. The smallest absolute Gasteiger partial charge is 0.0519 e. The lowest BCUT2D eigenvalue weighted by Crippen LogP contribution is -2.12. The summed E-state index contributed by atoms with van der Waals surface area (Å²) in [6, 6.07) is 65.3. The van der Waals surface area contributed by atoms with Gasteiger partial charge in [0.2, 0.25) is 0 Å². The van der Waals surface area contributed by atoms with Gasteiger partial charge in [-0.2, -0.15) is 0 Å². The third-order valence-corrected chi connectivity index (χ3v) is 10.5. The fourth-order valence-corrected chi connectivity index (χ4v) is 7.63. The summed E-state index contributed by atoms with van der Waals surface area (Å²) in [6.45, 7) is 8.74. The van der Waals surface area contributed by atoms with Crippen LogP contribution in [-0.4, -0.2) is 0 Å². The van der Waals surface area contributed by atoms with Gasteiger partial charge in [-0.25, -0.2) is 0 Å². The van der Waals surface area contributed by atoms with E-state index in [2.05, 4.69) is 244 Å². The normalized spacial score (nSPS) is 11.4. The zero-order valence-corrected chi connectivity index (χ0v) is 32.5. The largest absolute Gasteiger partial charge is 0.310 e. The van der Waals surface area contributed by atoms with Crippen molar-refractivity contribution in [3.05, 3.63) is 226 Å². The maximum atomic E-state index is 2.36. The first-order valence-electron chi connectivity index (χ1n) is 19.3. The Morgan fingerprint density at radius 3 is 0.946 bits per heavy atom. The summed E-state index contributed by atoms with van der Waals surface area (Å²) in [7, 11) is 0. The van der Waals surface area contributed by atoms with Gasteiger partial charge >= 0.3 is 0 Å². The molecule has 0 N–H and O–H groups in total. The summed E-state index contributed by atoms with van der Waals surface area (Å²) < 4.78 is 0. The molecular formula is C54H46N2. The minimum Gasteiger partial charge on any atom is -0.310 e. The van der Waals surface area contributed by atoms with E-state index < -0.39 is 0 Å². The van der Waals surface area contributed by atoms with Gasteiger partial charge in [-0.15, -0.1) is 0 Å². The molecule has 56 heavy (non-hydrogen) atoms. The highest BCUT2D eigenvalue weighted by Gasteiger charge is 2.17. The second-order valence-electron chi connectivity index (χ2n) is 14.5. The number of hydrogen-bond donors (Lipinski definition) is 0. The topological polar surface area (TPSA) is 6.48 Å². The number of fused-ring (bicyclic) bond motifs is 1. The Balaban J connectivity index is 0.973. The molecule has 272 valence electrons. The summed E-state index contributed by atoms with van der Waals surface area (Å²) in [6.07, 6.45) is 8.79. The van der Waals surface area contributed by atoms with Crippen molar-refractivity contribution in [3.8, 4) is 0 Å². The van der Waals surface area contributed by atoms with E-state index in [4.69, 9.17) is 0 Å². The lowest BCUT2D eigenvalue weighted by Gasteiger charge is -2.28. The molecule has 0 radical (unpaired) electrons. The van der Waals surface area contributed by atoms with Crippen molar-refractivity contribution in [3.63, 3.8) is 0 Å². The first kappa shape index (κ1) is 36.1. The molecule has 0 saturated carbocycles. The van der Waals surface area contributed by atoms with Crippen LogP contribution in [0.25, 0.3) is 35.1 Å². The van der Waals surface area contributed by atoms with E-state index >= 15 is 0 Å². The molecule has 8 aromatic carbocycles. The third-order valence-electron chi connectivity index (χ3n) is 10.5. The Kier molecular flexibility index (Phi) is 10.5. The molecular weight excluding hydrogens is 677 g/mol. The van der Waals surface area contributed by atoms with Gasteiger partial charge in [0.1, 0.15) is 0 Å². The summed E-state index contributed by atoms with van der Waals surface area (Å²) in [4.78, 5) is 4.71. The van der Waals surface area contributed by atoms with Crippen LogP contribution in [0.1, 0.15) is 44.5 Å². The number of hydrogen-bond acceptors (Lipinski definition) is 2. The van der Waals surface area contributed by atoms with Crippen LogP contribution in [0.4, 0.5) is 34.1 Å². The molecule has 0 spiro atoms. The molecule has 2 heteroatoms. The fraction of sp³-hybridized carbons (Fsp3) is 0.0741. The second kappa shape index (κ2) is 16.2. The fourth-order valence-electron chi connectivity index (χ4n) is 7.63. The van der Waals surface area contributed by atoms with Crippen molar-refractivity contribution in [2.45, 2.75) is 27.7 Å². The van der Waals surface area contributed by atoms with Crippen LogP contribution in [0.2, 0.25) is 0 Å².